The molecule has 0 aliphatic carbocycles. The first-order valence-electron chi connectivity index (χ1n) is 10.1. The molecule has 1 atom stereocenters. The molecule has 1 N–H and O–H groups in total. The van der Waals surface area contributed by atoms with E-state index in [2.05, 4.69) is 10.3 Å². The number of esters is 1. The van der Waals surface area contributed by atoms with Gasteiger partial charge in [-0.15, -0.1) is 0 Å². The van der Waals surface area contributed by atoms with Gasteiger partial charge in [0.05, 0.1) is 11.9 Å². The second-order valence-corrected chi connectivity index (χ2v) is 7.20. The van der Waals surface area contributed by atoms with Crippen molar-refractivity contribution in [3.05, 3.63) is 96.7 Å². The number of anilines is 1. The van der Waals surface area contributed by atoms with Gasteiger partial charge in [-0.2, -0.15) is 0 Å². The van der Waals surface area contributed by atoms with Gasteiger partial charge in [0.2, 0.25) is 0 Å². The van der Waals surface area contributed by atoms with E-state index in [4.69, 9.17) is 4.74 Å². The minimum Gasteiger partial charge on any atom is -0.452 e. The van der Waals surface area contributed by atoms with Crippen molar-refractivity contribution in [1.29, 1.82) is 0 Å². The van der Waals surface area contributed by atoms with Crippen molar-refractivity contribution in [3.8, 4) is 11.1 Å². The second kappa shape index (κ2) is 9.22. The lowest BCUT2D eigenvalue weighted by atomic mass is 10.0. The summed E-state index contributed by atoms with van der Waals surface area (Å²) in [6.07, 6.45) is 0.809. The van der Waals surface area contributed by atoms with Crippen LogP contribution in [0.2, 0.25) is 0 Å². The Morgan fingerprint density at radius 3 is 2.48 bits per heavy atom. The predicted molar refractivity (Wildman–Crippen MR) is 122 cm³/mol. The molecule has 0 bridgehead atoms. The maximum atomic E-state index is 12.7. The molecule has 0 saturated heterocycles. The highest BCUT2D eigenvalue weighted by Gasteiger charge is 2.20. The minimum atomic E-state index is -0.931. The summed E-state index contributed by atoms with van der Waals surface area (Å²) in [5, 5.41) is 3.83. The highest BCUT2D eigenvalue weighted by atomic mass is 16.5. The number of carbonyl (C=O) groups is 2. The van der Waals surface area contributed by atoms with Crippen LogP contribution in [0.5, 0.6) is 0 Å². The molecule has 154 valence electrons. The van der Waals surface area contributed by atoms with Crippen LogP contribution in [-0.4, -0.2) is 23.0 Å². The highest BCUT2D eigenvalue weighted by Crippen LogP contribution is 2.27. The number of para-hydroxylation sites is 2. The Labute approximate surface area is 180 Å². The number of benzene rings is 3. The molecule has 1 unspecified atom stereocenters. The number of ether oxygens (including phenoxy) is 1. The molecule has 0 aliphatic rings. The van der Waals surface area contributed by atoms with Crippen LogP contribution < -0.4 is 5.32 Å². The van der Waals surface area contributed by atoms with Crippen LogP contribution >= 0.6 is 0 Å². The smallest absolute Gasteiger partial charge is 0.311 e. The first-order valence-corrected chi connectivity index (χ1v) is 10.1. The molecule has 0 radical (unpaired) electrons. The van der Waals surface area contributed by atoms with Gasteiger partial charge in [-0.1, -0.05) is 72.8 Å². The zero-order valence-corrected chi connectivity index (χ0v) is 17.1. The highest BCUT2D eigenvalue weighted by molar-refractivity contribution is 5.98. The van der Waals surface area contributed by atoms with Gasteiger partial charge in [0.15, 0.2) is 6.10 Å². The Morgan fingerprint density at radius 2 is 1.65 bits per heavy atom. The van der Waals surface area contributed by atoms with Gasteiger partial charge in [-0.3, -0.25) is 14.6 Å². The van der Waals surface area contributed by atoms with Gasteiger partial charge < -0.3 is 10.1 Å². The number of hydrogen-bond acceptors (Lipinski definition) is 4. The van der Waals surface area contributed by atoms with Crippen LogP contribution in [0.1, 0.15) is 12.5 Å². The molecule has 1 amide bonds. The number of hydrogen-bond donors (Lipinski definition) is 1. The average Bonchev–Trinajstić information content (AvgIpc) is 2.80. The van der Waals surface area contributed by atoms with E-state index in [1.807, 2.05) is 84.9 Å². The molecule has 4 rings (SSSR count). The minimum absolute atomic E-state index is 0.0482. The van der Waals surface area contributed by atoms with Crippen molar-refractivity contribution >= 4 is 28.5 Å². The first-order chi connectivity index (χ1) is 15.1. The van der Waals surface area contributed by atoms with E-state index < -0.39 is 12.1 Å². The number of carbonyl (C=O) groups excluding carboxylic acids is 2. The number of nitrogens with zero attached hydrogens (tertiary/aromatic N) is 1. The normalized spacial score (nSPS) is 11.6. The Balaban J connectivity index is 1.43. The third kappa shape index (κ3) is 4.78. The second-order valence-electron chi connectivity index (χ2n) is 7.20. The van der Waals surface area contributed by atoms with Gasteiger partial charge in [0.1, 0.15) is 0 Å². The van der Waals surface area contributed by atoms with Crippen LogP contribution in [0.15, 0.2) is 91.1 Å². The summed E-state index contributed by atoms with van der Waals surface area (Å²) in [6.45, 7) is 1.57. The number of aromatic nitrogens is 1. The molecule has 0 saturated carbocycles. The topological polar surface area (TPSA) is 68.3 Å². The van der Waals surface area contributed by atoms with E-state index in [1.54, 1.807) is 13.1 Å². The van der Waals surface area contributed by atoms with Gasteiger partial charge in [0.25, 0.3) is 5.91 Å². The Hall–Kier alpha value is -3.99. The van der Waals surface area contributed by atoms with Crippen LogP contribution in [0.3, 0.4) is 0 Å². The van der Waals surface area contributed by atoms with Gasteiger partial charge in [-0.25, -0.2) is 0 Å². The number of amides is 1. The van der Waals surface area contributed by atoms with E-state index in [-0.39, 0.29) is 12.3 Å². The summed E-state index contributed by atoms with van der Waals surface area (Å²) < 4.78 is 5.40. The van der Waals surface area contributed by atoms with Crippen LogP contribution in [0.25, 0.3) is 22.0 Å². The average molecular weight is 410 g/mol. The fourth-order valence-electron chi connectivity index (χ4n) is 3.45. The van der Waals surface area contributed by atoms with Crippen molar-refractivity contribution < 1.29 is 14.3 Å². The zero-order valence-electron chi connectivity index (χ0n) is 17.1. The fourth-order valence-corrected chi connectivity index (χ4v) is 3.45. The number of rotatable bonds is 6. The fraction of sp³-hybridized carbons (Fsp3) is 0.115. The lowest BCUT2D eigenvalue weighted by molar-refractivity contribution is -0.152. The summed E-state index contributed by atoms with van der Waals surface area (Å²) in [5.74, 6) is -0.857. The summed E-state index contributed by atoms with van der Waals surface area (Å²) in [7, 11) is 0. The van der Waals surface area contributed by atoms with Crippen molar-refractivity contribution in [2.75, 3.05) is 5.32 Å². The Morgan fingerprint density at radius 1 is 0.903 bits per heavy atom. The zero-order chi connectivity index (χ0) is 21.6. The monoisotopic (exact) mass is 410 g/mol. The predicted octanol–water partition coefficient (Wildman–Crippen LogP) is 5.01. The van der Waals surface area contributed by atoms with Gasteiger partial charge in [-0.05, 0) is 30.2 Å². The summed E-state index contributed by atoms with van der Waals surface area (Å²) in [4.78, 5) is 29.5. The first kappa shape index (κ1) is 20.3. The Bertz CT molecular complexity index is 1220. The molecule has 1 aromatic heterocycles. The summed E-state index contributed by atoms with van der Waals surface area (Å²) in [5.41, 5.74) is 4.09. The van der Waals surface area contributed by atoms with Crippen molar-refractivity contribution in [2.24, 2.45) is 0 Å². The number of pyridine rings is 1. The third-order valence-corrected chi connectivity index (χ3v) is 5.00. The lowest BCUT2D eigenvalue weighted by Crippen LogP contribution is -2.30. The summed E-state index contributed by atoms with van der Waals surface area (Å²) >= 11 is 0. The Kier molecular flexibility index (Phi) is 6.03. The van der Waals surface area contributed by atoms with Gasteiger partial charge in [0, 0.05) is 22.8 Å². The van der Waals surface area contributed by atoms with E-state index in [0.717, 1.165) is 27.6 Å². The number of fused-ring (bicyclic) bond motifs is 1. The van der Waals surface area contributed by atoms with Crippen molar-refractivity contribution in [2.45, 2.75) is 19.4 Å². The van der Waals surface area contributed by atoms with E-state index in [1.165, 1.54) is 0 Å². The standard InChI is InChI=1S/C26H22N2O3/c1-18(31-24(29)17-21-12-7-11-20-13-8-16-27-25(20)21)26(30)28-23-15-6-5-14-22(23)19-9-3-2-4-10-19/h2-16,18H,17H2,1H3,(H,28,30). The van der Waals surface area contributed by atoms with Gasteiger partial charge >= 0.3 is 5.97 Å². The maximum Gasteiger partial charge on any atom is 0.311 e. The quantitative estimate of drug-likeness (QED) is 0.454. The van der Waals surface area contributed by atoms with Crippen LogP contribution in [0.4, 0.5) is 5.69 Å². The van der Waals surface area contributed by atoms with Crippen LogP contribution in [-0.2, 0) is 20.7 Å². The lowest BCUT2D eigenvalue weighted by Gasteiger charge is -2.16. The number of nitrogens with one attached hydrogen (secondary N) is 1. The van der Waals surface area contributed by atoms with E-state index >= 15 is 0 Å². The van der Waals surface area contributed by atoms with E-state index in [0.29, 0.717) is 5.69 Å². The summed E-state index contributed by atoms with van der Waals surface area (Å²) in [6, 6.07) is 26.8. The molecule has 1 heterocycles. The molecule has 31 heavy (non-hydrogen) atoms. The molecule has 0 aliphatic heterocycles. The third-order valence-electron chi connectivity index (χ3n) is 5.00. The molecule has 0 fully saturated rings. The van der Waals surface area contributed by atoms with Crippen molar-refractivity contribution in [3.63, 3.8) is 0 Å². The molecule has 5 nitrogen and oxygen atoms in total. The molecule has 5 heteroatoms. The largest absolute Gasteiger partial charge is 0.452 e. The molecular weight excluding hydrogens is 388 g/mol. The molecular formula is C26H22N2O3. The molecule has 4 aromatic rings. The van der Waals surface area contributed by atoms with Crippen molar-refractivity contribution in [1.82, 2.24) is 4.98 Å². The van der Waals surface area contributed by atoms with E-state index in [9.17, 15) is 9.59 Å². The molecule has 3 aromatic carbocycles. The molecule has 0 spiro atoms. The van der Waals surface area contributed by atoms with Crippen LogP contribution in [0, 0.1) is 0 Å². The SMILES string of the molecule is CC(OC(=O)Cc1cccc2cccnc12)C(=O)Nc1ccccc1-c1ccccc1. The maximum absolute atomic E-state index is 12.7.